The summed E-state index contributed by atoms with van der Waals surface area (Å²) in [5.41, 5.74) is 1.99. The highest BCUT2D eigenvalue weighted by atomic mass is 19.1. The lowest BCUT2D eigenvalue weighted by atomic mass is 9.89. The minimum Gasteiger partial charge on any atom is -0.382 e. The van der Waals surface area contributed by atoms with E-state index in [9.17, 15) is 4.39 Å². The Kier molecular flexibility index (Phi) is 3.44. The topological polar surface area (TPSA) is 21.3 Å². The van der Waals surface area contributed by atoms with E-state index in [-0.39, 0.29) is 5.82 Å². The van der Waals surface area contributed by atoms with Crippen LogP contribution in [0.25, 0.3) is 0 Å². The first-order valence-electron chi connectivity index (χ1n) is 5.83. The second-order valence-corrected chi connectivity index (χ2v) is 4.35. The Bertz CT molecular complexity index is 361. The van der Waals surface area contributed by atoms with Gasteiger partial charge >= 0.3 is 0 Å². The molecule has 1 aliphatic rings. The average molecular weight is 223 g/mol. The van der Waals surface area contributed by atoms with Gasteiger partial charge in [0.2, 0.25) is 0 Å². The van der Waals surface area contributed by atoms with Crippen molar-refractivity contribution in [3.63, 3.8) is 0 Å². The molecule has 1 saturated carbocycles. The van der Waals surface area contributed by atoms with Crippen LogP contribution >= 0.6 is 0 Å². The lowest BCUT2D eigenvalue weighted by Crippen LogP contribution is -2.40. The third kappa shape index (κ3) is 2.53. The maximum atomic E-state index is 12.9. The molecule has 1 aromatic carbocycles. The fourth-order valence-electron chi connectivity index (χ4n) is 2.06. The van der Waals surface area contributed by atoms with Gasteiger partial charge in [0.25, 0.3) is 0 Å². The van der Waals surface area contributed by atoms with E-state index in [1.54, 1.807) is 12.1 Å². The maximum Gasteiger partial charge on any atom is 0.123 e. The molecule has 2 nitrogen and oxygen atoms in total. The van der Waals surface area contributed by atoms with Gasteiger partial charge in [-0.1, -0.05) is 0 Å². The summed E-state index contributed by atoms with van der Waals surface area (Å²) in [6.07, 6.45) is 2.50. The van der Waals surface area contributed by atoms with Crippen molar-refractivity contribution in [2.45, 2.75) is 38.8 Å². The predicted octanol–water partition coefficient (Wildman–Crippen LogP) is 3.11. The number of nitrogens with one attached hydrogen (secondary N) is 1. The third-order valence-electron chi connectivity index (χ3n) is 3.05. The van der Waals surface area contributed by atoms with Crippen LogP contribution in [0, 0.1) is 12.7 Å². The van der Waals surface area contributed by atoms with Crippen LogP contribution in [0.2, 0.25) is 0 Å². The normalized spacial score (nSPS) is 23.9. The molecule has 0 bridgehead atoms. The predicted molar refractivity (Wildman–Crippen MR) is 63.2 cm³/mol. The average Bonchev–Trinajstić information content (AvgIpc) is 2.18. The zero-order valence-electron chi connectivity index (χ0n) is 9.79. The van der Waals surface area contributed by atoms with E-state index >= 15 is 0 Å². The molecule has 0 spiro atoms. The number of rotatable bonds is 4. The molecule has 1 N–H and O–H groups in total. The molecule has 0 unspecified atom stereocenters. The minimum atomic E-state index is -0.177. The molecule has 16 heavy (non-hydrogen) atoms. The Morgan fingerprint density at radius 1 is 1.44 bits per heavy atom. The molecule has 1 aliphatic carbocycles. The van der Waals surface area contributed by atoms with Gasteiger partial charge < -0.3 is 10.1 Å². The molecule has 1 fully saturated rings. The first-order valence-corrected chi connectivity index (χ1v) is 5.83. The van der Waals surface area contributed by atoms with Gasteiger partial charge in [-0.15, -0.1) is 0 Å². The van der Waals surface area contributed by atoms with Crippen LogP contribution in [0.4, 0.5) is 10.1 Å². The van der Waals surface area contributed by atoms with E-state index in [1.807, 2.05) is 13.8 Å². The Balaban J connectivity index is 1.87. The molecule has 0 radical (unpaired) electrons. The molecule has 0 heterocycles. The van der Waals surface area contributed by atoms with Gasteiger partial charge in [-0.05, 0) is 50.5 Å². The van der Waals surface area contributed by atoms with Gasteiger partial charge in [0.15, 0.2) is 0 Å². The van der Waals surface area contributed by atoms with Crippen molar-refractivity contribution in [1.29, 1.82) is 0 Å². The van der Waals surface area contributed by atoms with Crippen molar-refractivity contribution in [3.8, 4) is 0 Å². The number of ether oxygens (including phenoxy) is 1. The van der Waals surface area contributed by atoms with Crippen molar-refractivity contribution in [2.24, 2.45) is 0 Å². The Morgan fingerprint density at radius 2 is 2.19 bits per heavy atom. The van der Waals surface area contributed by atoms with Crippen molar-refractivity contribution in [3.05, 3.63) is 29.6 Å². The Labute approximate surface area is 95.8 Å². The third-order valence-corrected chi connectivity index (χ3v) is 3.05. The van der Waals surface area contributed by atoms with Crippen LogP contribution in [-0.4, -0.2) is 18.8 Å². The number of anilines is 1. The van der Waals surface area contributed by atoms with Crippen LogP contribution in [-0.2, 0) is 4.74 Å². The molecule has 88 valence electrons. The summed E-state index contributed by atoms with van der Waals surface area (Å²) in [7, 11) is 0. The van der Waals surface area contributed by atoms with Crippen molar-refractivity contribution in [2.75, 3.05) is 11.9 Å². The van der Waals surface area contributed by atoms with Crippen molar-refractivity contribution >= 4 is 5.69 Å². The zero-order valence-corrected chi connectivity index (χ0v) is 9.79. The van der Waals surface area contributed by atoms with Crippen LogP contribution in [0.1, 0.15) is 25.3 Å². The summed E-state index contributed by atoms with van der Waals surface area (Å²) in [5.74, 6) is -0.177. The van der Waals surface area contributed by atoms with E-state index in [1.165, 1.54) is 6.07 Å². The van der Waals surface area contributed by atoms with E-state index < -0.39 is 0 Å². The first-order chi connectivity index (χ1) is 7.69. The summed E-state index contributed by atoms with van der Waals surface area (Å²) in [6.45, 7) is 4.72. The van der Waals surface area contributed by atoms with E-state index in [0.717, 1.165) is 30.7 Å². The Morgan fingerprint density at radius 3 is 2.81 bits per heavy atom. The fraction of sp³-hybridized carbons (Fsp3) is 0.538. The Hall–Kier alpha value is -1.09. The highest BCUT2D eigenvalue weighted by molar-refractivity contribution is 5.51. The summed E-state index contributed by atoms with van der Waals surface area (Å²) in [6, 6.07) is 5.33. The summed E-state index contributed by atoms with van der Waals surface area (Å²) in [5, 5.41) is 3.42. The molecule has 1 aromatic rings. The molecular weight excluding hydrogens is 205 g/mol. The van der Waals surface area contributed by atoms with Crippen molar-refractivity contribution < 1.29 is 9.13 Å². The van der Waals surface area contributed by atoms with Gasteiger partial charge in [-0.25, -0.2) is 4.39 Å². The van der Waals surface area contributed by atoms with Gasteiger partial charge in [0, 0.05) is 18.3 Å². The summed E-state index contributed by atoms with van der Waals surface area (Å²) >= 11 is 0. The lowest BCUT2D eigenvalue weighted by Gasteiger charge is -2.36. The number of benzene rings is 1. The molecule has 0 amide bonds. The largest absolute Gasteiger partial charge is 0.382 e. The smallest absolute Gasteiger partial charge is 0.123 e. The SMILES string of the molecule is CCOC1CC(Nc2ccc(F)cc2C)C1. The lowest BCUT2D eigenvalue weighted by molar-refractivity contribution is 0.00298. The van der Waals surface area contributed by atoms with Crippen LogP contribution < -0.4 is 5.32 Å². The van der Waals surface area contributed by atoms with Gasteiger partial charge in [-0.2, -0.15) is 0 Å². The zero-order chi connectivity index (χ0) is 11.5. The van der Waals surface area contributed by atoms with Gasteiger partial charge in [0.1, 0.15) is 5.82 Å². The second-order valence-electron chi connectivity index (χ2n) is 4.35. The van der Waals surface area contributed by atoms with Crippen LogP contribution in [0.5, 0.6) is 0 Å². The number of hydrogen-bond donors (Lipinski definition) is 1. The molecule has 2 rings (SSSR count). The number of aryl methyl sites for hydroxylation is 1. The van der Waals surface area contributed by atoms with E-state index in [0.29, 0.717) is 12.1 Å². The molecule has 0 aromatic heterocycles. The summed E-state index contributed by atoms with van der Waals surface area (Å²) < 4.78 is 18.4. The van der Waals surface area contributed by atoms with Crippen LogP contribution in [0.15, 0.2) is 18.2 Å². The minimum absolute atomic E-state index is 0.177. The van der Waals surface area contributed by atoms with Gasteiger partial charge in [-0.3, -0.25) is 0 Å². The standard InChI is InChI=1S/C13H18FNO/c1-3-16-12-7-11(8-12)15-13-5-4-10(14)6-9(13)2/h4-6,11-12,15H,3,7-8H2,1-2H3. The maximum absolute atomic E-state index is 12.9. The molecule has 3 heteroatoms. The van der Waals surface area contributed by atoms with Crippen molar-refractivity contribution in [1.82, 2.24) is 0 Å². The van der Waals surface area contributed by atoms with Gasteiger partial charge in [0.05, 0.1) is 6.10 Å². The second kappa shape index (κ2) is 4.83. The highest BCUT2D eigenvalue weighted by Crippen LogP contribution is 2.28. The first kappa shape index (κ1) is 11.4. The molecule has 0 aliphatic heterocycles. The van der Waals surface area contributed by atoms with E-state index in [2.05, 4.69) is 5.32 Å². The van der Waals surface area contributed by atoms with Crippen LogP contribution in [0.3, 0.4) is 0 Å². The number of hydrogen-bond acceptors (Lipinski definition) is 2. The highest BCUT2D eigenvalue weighted by Gasteiger charge is 2.29. The monoisotopic (exact) mass is 223 g/mol. The molecule has 0 atom stereocenters. The number of halogens is 1. The molecule has 0 saturated heterocycles. The van der Waals surface area contributed by atoms with E-state index in [4.69, 9.17) is 4.74 Å². The summed E-state index contributed by atoms with van der Waals surface area (Å²) in [4.78, 5) is 0. The fourth-order valence-corrected chi connectivity index (χ4v) is 2.06. The quantitative estimate of drug-likeness (QED) is 0.846. The molecular formula is C13H18FNO.